The zero-order valence-corrected chi connectivity index (χ0v) is 16.4. The fraction of sp³-hybridized carbons (Fsp3) is 0.381. The van der Waals surface area contributed by atoms with Crippen LogP contribution in [0.15, 0.2) is 54.6 Å². The van der Waals surface area contributed by atoms with Gasteiger partial charge in [-0.25, -0.2) is 13.1 Å². The minimum Gasteiger partial charge on any atom is -0.342 e. The number of nitrogens with one attached hydrogen (secondary N) is 1. The predicted molar refractivity (Wildman–Crippen MR) is 107 cm³/mol. The van der Waals surface area contributed by atoms with Crippen LogP contribution in [-0.4, -0.2) is 38.9 Å². The Labute approximate surface area is 161 Å². The average Bonchev–Trinajstić information content (AvgIpc) is 3.01. The summed E-state index contributed by atoms with van der Waals surface area (Å²) in [6.07, 6.45) is 1.22. The highest BCUT2D eigenvalue weighted by atomic mass is 32.2. The Bertz CT molecular complexity index is 864. The Morgan fingerprint density at radius 2 is 1.74 bits per heavy atom. The van der Waals surface area contributed by atoms with Crippen LogP contribution >= 0.6 is 0 Å². The summed E-state index contributed by atoms with van der Waals surface area (Å²) < 4.78 is 27.3. The number of aryl methyl sites for hydroxylation is 1. The summed E-state index contributed by atoms with van der Waals surface area (Å²) in [7, 11) is -3.40. The number of rotatable bonds is 8. The van der Waals surface area contributed by atoms with E-state index >= 15 is 0 Å². The third kappa shape index (κ3) is 5.91. The molecule has 3 rings (SSSR count). The van der Waals surface area contributed by atoms with E-state index in [-0.39, 0.29) is 17.6 Å². The van der Waals surface area contributed by atoms with Crippen molar-refractivity contribution in [1.29, 1.82) is 0 Å². The molecule has 2 aromatic rings. The molecule has 1 amide bonds. The molecule has 0 aliphatic carbocycles. The van der Waals surface area contributed by atoms with Crippen LogP contribution in [0.3, 0.4) is 0 Å². The van der Waals surface area contributed by atoms with Gasteiger partial charge in [0, 0.05) is 26.1 Å². The highest BCUT2D eigenvalue weighted by Gasteiger charge is 2.30. The van der Waals surface area contributed by atoms with E-state index in [0.717, 1.165) is 17.5 Å². The van der Waals surface area contributed by atoms with Gasteiger partial charge in [-0.1, -0.05) is 60.2 Å². The molecule has 1 fully saturated rings. The van der Waals surface area contributed by atoms with E-state index in [4.69, 9.17) is 0 Å². The van der Waals surface area contributed by atoms with Gasteiger partial charge in [0.15, 0.2) is 0 Å². The van der Waals surface area contributed by atoms with Crippen LogP contribution < -0.4 is 4.72 Å². The fourth-order valence-electron chi connectivity index (χ4n) is 3.32. The first-order valence-corrected chi connectivity index (χ1v) is 10.9. The van der Waals surface area contributed by atoms with Gasteiger partial charge in [0.1, 0.15) is 0 Å². The molecule has 0 bridgehead atoms. The van der Waals surface area contributed by atoms with Gasteiger partial charge < -0.3 is 4.90 Å². The van der Waals surface area contributed by atoms with E-state index in [0.29, 0.717) is 26.1 Å². The van der Waals surface area contributed by atoms with E-state index in [9.17, 15) is 13.2 Å². The minimum absolute atomic E-state index is 0.0288. The maximum atomic E-state index is 12.3. The zero-order chi connectivity index (χ0) is 19.3. The third-order valence-electron chi connectivity index (χ3n) is 4.88. The van der Waals surface area contributed by atoms with E-state index in [1.165, 1.54) is 5.56 Å². The molecule has 0 radical (unpaired) electrons. The molecule has 27 heavy (non-hydrogen) atoms. The number of hydrogen-bond acceptors (Lipinski definition) is 3. The van der Waals surface area contributed by atoms with Gasteiger partial charge in [-0.2, -0.15) is 0 Å². The number of amides is 1. The van der Waals surface area contributed by atoms with Crippen molar-refractivity contribution in [1.82, 2.24) is 9.62 Å². The average molecular weight is 387 g/mol. The largest absolute Gasteiger partial charge is 0.342 e. The number of sulfonamides is 1. The molecule has 144 valence electrons. The first-order valence-electron chi connectivity index (χ1n) is 9.26. The van der Waals surface area contributed by atoms with Crippen LogP contribution in [0.1, 0.15) is 23.1 Å². The van der Waals surface area contributed by atoms with Crippen molar-refractivity contribution in [3.8, 4) is 0 Å². The second kappa shape index (κ2) is 8.67. The molecule has 0 aromatic heterocycles. The van der Waals surface area contributed by atoms with Crippen LogP contribution in [0, 0.1) is 12.8 Å². The lowest BCUT2D eigenvalue weighted by Crippen LogP contribution is -2.32. The summed E-state index contributed by atoms with van der Waals surface area (Å²) in [6, 6.07) is 17.5. The number of likely N-dealkylation sites (tertiary alicyclic amines) is 1. The van der Waals surface area contributed by atoms with Gasteiger partial charge in [0.05, 0.1) is 5.75 Å². The number of nitrogens with zero attached hydrogens (tertiary/aromatic N) is 1. The second-order valence-corrected chi connectivity index (χ2v) is 9.05. The fourth-order valence-corrected chi connectivity index (χ4v) is 4.54. The summed E-state index contributed by atoms with van der Waals surface area (Å²) in [4.78, 5) is 14.0. The normalized spacial score (nSPS) is 17.4. The SMILES string of the molecule is Cc1ccc(CS(=O)(=O)NCC2CC(=O)N(CCc3ccccc3)C2)cc1. The molecule has 0 saturated carbocycles. The van der Waals surface area contributed by atoms with Crippen molar-refractivity contribution >= 4 is 15.9 Å². The van der Waals surface area contributed by atoms with Crippen LogP contribution in [0.2, 0.25) is 0 Å². The van der Waals surface area contributed by atoms with Gasteiger partial charge >= 0.3 is 0 Å². The van der Waals surface area contributed by atoms with Crippen molar-refractivity contribution in [2.45, 2.75) is 25.5 Å². The maximum Gasteiger partial charge on any atom is 0.222 e. The van der Waals surface area contributed by atoms with Gasteiger partial charge in [0.25, 0.3) is 0 Å². The molecule has 1 saturated heterocycles. The highest BCUT2D eigenvalue weighted by Crippen LogP contribution is 2.18. The molecular formula is C21H26N2O3S. The Balaban J connectivity index is 1.47. The Kier molecular flexibility index (Phi) is 6.29. The van der Waals surface area contributed by atoms with Crippen molar-refractivity contribution in [3.63, 3.8) is 0 Å². The van der Waals surface area contributed by atoms with Crippen molar-refractivity contribution in [3.05, 3.63) is 71.3 Å². The Hall–Kier alpha value is -2.18. The van der Waals surface area contributed by atoms with E-state index < -0.39 is 10.0 Å². The summed E-state index contributed by atoms with van der Waals surface area (Å²) >= 11 is 0. The van der Waals surface area contributed by atoms with E-state index in [1.807, 2.05) is 54.3 Å². The summed E-state index contributed by atoms with van der Waals surface area (Å²) in [5.74, 6) is 0.0980. The lowest BCUT2D eigenvalue weighted by molar-refractivity contribution is -0.127. The molecule has 1 N–H and O–H groups in total. The quantitative estimate of drug-likeness (QED) is 0.758. The molecule has 1 atom stereocenters. The zero-order valence-electron chi connectivity index (χ0n) is 15.6. The van der Waals surface area contributed by atoms with E-state index in [2.05, 4.69) is 16.9 Å². The molecule has 1 aliphatic rings. The Morgan fingerprint density at radius 1 is 1.04 bits per heavy atom. The summed E-state index contributed by atoms with van der Waals surface area (Å²) in [6.45, 7) is 3.56. The number of hydrogen-bond donors (Lipinski definition) is 1. The first kappa shape index (κ1) is 19.6. The smallest absolute Gasteiger partial charge is 0.222 e. The van der Waals surface area contributed by atoms with Crippen LogP contribution in [0.5, 0.6) is 0 Å². The summed E-state index contributed by atoms with van der Waals surface area (Å²) in [5.41, 5.74) is 3.07. The highest BCUT2D eigenvalue weighted by molar-refractivity contribution is 7.88. The molecule has 1 heterocycles. The van der Waals surface area contributed by atoms with Gasteiger partial charge in [0.2, 0.25) is 15.9 Å². The molecule has 1 aliphatic heterocycles. The Morgan fingerprint density at radius 3 is 2.44 bits per heavy atom. The van der Waals surface area contributed by atoms with Crippen molar-refractivity contribution < 1.29 is 13.2 Å². The van der Waals surface area contributed by atoms with Crippen LogP contribution in [0.4, 0.5) is 0 Å². The van der Waals surface area contributed by atoms with Gasteiger partial charge in [-0.3, -0.25) is 4.79 Å². The predicted octanol–water partition coefficient (Wildman–Crippen LogP) is 2.51. The van der Waals surface area contributed by atoms with Gasteiger partial charge in [-0.15, -0.1) is 0 Å². The van der Waals surface area contributed by atoms with E-state index in [1.54, 1.807) is 0 Å². The molecule has 6 heteroatoms. The van der Waals surface area contributed by atoms with Crippen LogP contribution in [-0.2, 0) is 27.0 Å². The number of carbonyl (C=O) groups is 1. The van der Waals surface area contributed by atoms with Crippen molar-refractivity contribution in [2.75, 3.05) is 19.6 Å². The number of carbonyl (C=O) groups excluding carboxylic acids is 1. The van der Waals surface area contributed by atoms with Crippen LogP contribution in [0.25, 0.3) is 0 Å². The standard InChI is InChI=1S/C21H26N2O3S/c1-17-7-9-19(10-8-17)16-27(25,26)22-14-20-13-21(24)23(15-20)12-11-18-5-3-2-4-6-18/h2-10,20,22H,11-16H2,1H3. The number of benzene rings is 2. The molecular weight excluding hydrogens is 360 g/mol. The molecule has 2 aromatic carbocycles. The topological polar surface area (TPSA) is 66.5 Å². The lowest BCUT2D eigenvalue weighted by Gasteiger charge is -2.17. The van der Waals surface area contributed by atoms with Gasteiger partial charge in [-0.05, 0) is 30.4 Å². The van der Waals surface area contributed by atoms with Crippen molar-refractivity contribution in [2.24, 2.45) is 5.92 Å². The second-order valence-electron chi connectivity index (χ2n) is 7.24. The maximum absolute atomic E-state index is 12.3. The third-order valence-corrected chi connectivity index (χ3v) is 6.20. The molecule has 1 unspecified atom stereocenters. The molecule has 0 spiro atoms. The molecule has 5 nitrogen and oxygen atoms in total. The first-order chi connectivity index (χ1) is 12.9. The summed E-state index contributed by atoms with van der Waals surface area (Å²) in [5, 5.41) is 0. The lowest BCUT2D eigenvalue weighted by atomic mass is 10.1. The monoisotopic (exact) mass is 386 g/mol. The minimum atomic E-state index is -3.40.